The fourth-order valence-corrected chi connectivity index (χ4v) is 3.05. The van der Waals surface area contributed by atoms with Crippen LogP contribution in [-0.2, 0) is 4.79 Å². The second kappa shape index (κ2) is 5.78. The van der Waals surface area contributed by atoms with E-state index < -0.39 is 0 Å². The van der Waals surface area contributed by atoms with Gasteiger partial charge < -0.3 is 5.32 Å². The van der Waals surface area contributed by atoms with Gasteiger partial charge in [0.1, 0.15) is 0 Å². The highest BCUT2D eigenvalue weighted by Gasteiger charge is 2.12. The molecule has 1 amide bonds. The molecule has 0 fully saturated rings. The second-order valence-corrected chi connectivity index (χ2v) is 6.20. The van der Waals surface area contributed by atoms with Crippen LogP contribution in [0.3, 0.4) is 0 Å². The molecule has 0 spiro atoms. The van der Waals surface area contributed by atoms with Gasteiger partial charge >= 0.3 is 0 Å². The Balaban J connectivity index is 1.72. The summed E-state index contributed by atoms with van der Waals surface area (Å²) in [5.74, 6) is 0.103. The highest BCUT2D eigenvalue weighted by Crippen LogP contribution is 2.19. The Morgan fingerprint density at radius 1 is 1.43 bits per heavy atom. The highest BCUT2D eigenvalue weighted by molar-refractivity contribution is 7.99. The molecule has 3 heterocycles. The van der Waals surface area contributed by atoms with Crippen molar-refractivity contribution in [1.29, 1.82) is 0 Å². The van der Waals surface area contributed by atoms with E-state index in [9.17, 15) is 4.79 Å². The maximum Gasteiger partial charge on any atom is 0.236 e. The SMILES string of the molecule is Cc1cc(C)c2nnc(SCC(=O)Nc3nccs3)n2n1. The van der Waals surface area contributed by atoms with Crippen LogP contribution >= 0.6 is 23.1 Å². The van der Waals surface area contributed by atoms with Gasteiger partial charge in [-0.3, -0.25) is 4.79 Å². The fraction of sp³-hybridized carbons (Fsp3) is 0.250. The summed E-state index contributed by atoms with van der Waals surface area (Å²) >= 11 is 2.68. The third kappa shape index (κ3) is 3.03. The molecule has 0 atom stereocenters. The van der Waals surface area contributed by atoms with Crippen molar-refractivity contribution in [1.82, 2.24) is 24.8 Å². The van der Waals surface area contributed by atoms with Gasteiger partial charge in [0.25, 0.3) is 0 Å². The van der Waals surface area contributed by atoms with Crippen LogP contribution in [0.15, 0.2) is 22.8 Å². The number of carbonyl (C=O) groups excluding carboxylic acids is 1. The molecule has 9 heteroatoms. The van der Waals surface area contributed by atoms with E-state index in [4.69, 9.17) is 0 Å². The number of nitrogens with zero attached hydrogens (tertiary/aromatic N) is 5. The summed E-state index contributed by atoms with van der Waals surface area (Å²) in [5, 5.41) is 18.3. The number of rotatable bonds is 4. The lowest BCUT2D eigenvalue weighted by atomic mass is 10.3. The summed E-state index contributed by atoms with van der Waals surface area (Å²) in [5.41, 5.74) is 2.60. The molecule has 3 aromatic heterocycles. The minimum Gasteiger partial charge on any atom is -0.301 e. The Bertz CT molecular complexity index is 783. The molecule has 0 bridgehead atoms. The molecule has 0 saturated heterocycles. The number of amides is 1. The summed E-state index contributed by atoms with van der Waals surface area (Å²) < 4.78 is 1.67. The van der Waals surface area contributed by atoms with Crippen LogP contribution in [0.5, 0.6) is 0 Å². The number of anilines is 1. The van der Waals surface area contributed by atoms with Gasteiger partial charge in [-0.15, -0.1) is 21.5 Å². The maximum absolute atomic E-state index is 11.8. The number of nitrogens with one attached hydrogen (secondary N) is 1. The first-order valence-electron chi connectivity index (χ1n) is 6.15. The summed E-state index contributed by atoms with van der Waals surface area (Å²) in [4.78, 5) is 15.8. The van der Waals surface area contributed by atoms with Crippen LogP contribution in [0.25, 0.3) is 5.65 Å². The Hall–Kier alpha value is -2.00. The molecule has 3 aromatic rings. The monoisotopic (exact) mass is 320 g/mol. The lowest BCUT2D eigenvalue weighted by Crippen LogP contribution is -2.14. The Morgan fingerprint density at radius 3 is 3.05 bits per heavy atom. The molecular weight excluding hydrogens is 308 g/mol. The number of hydrogen-bond acceptors (Lipinski definition) is 7. The van der Waals surface area contributed by atoms with Gasteiger partial charge in [-0.1, -0.05) is 11.8 Å². The lowest BCUT2D eigenvalue weighted by Gasteiger charge is -2.02. The normalized spacial score (nSPS) is 11.0. The molecule has 0 aliphatic carbocycles. The first-order chi connectivity index (χ1) is 10.1. The molecule has 0 aliphatic heterocycles. The van der Waals surface area contributed by atoms with E-state index in [1.807, 2.05) is 25.3 Å². The standard InChI is InChI=1S/C12H12N6OS2/c1-7-5-8(2)17-18-10(7)15-16-12(18)21-6-9(19)14-11-13-3-4-20-11/h3-5H,6H2,1-2H3,(H,13,14,19). The quantitative estimate of drug-likeness (QED) is 0.739. The van der Waals surface area contributed by atoms with Gasteiger partial charge in [0.2, 0.25) is 11.1 Å². The highest BCUT2D eigenvalue weighted by atomic mass is 32.2. The van der Waals surface area contributed by atoms with Crippen LogP contribution < -0.4 is 5.32 Å². The van der Waals surface area contributed by atoms with E-state index in [-0.39, 0.29) is 11.7 Å². The largest absolute Gasteiger partial charge is 0.301 e. The molecule has 108 valence electrons. The summed E-state index contributed by atoms with van der Waals surface area (Å²) in [7, 11) is 0. The van der Waals surface area contributed by atoms with Crippen molar-refractivity contribution in [2.24, 2.45) is 0 Å². The van der Waals surface area contributed by atoms with Crippen molar-refractivity contribution < 1.29 is 4.79 Å². The van der Waals surface area contributed by atoms with E-state index >= 15 is 0 Å². The third-order valence-electron chi connectivity index (χ3n) is 2.66. The number of thioether (sulfide) groups is 1. The summed E-state index contributed by atoms with van der Waals surface area (Å²) in [6.45, 7) is 3.87. The predicted octanol–water partition coefficient (Wildman–Crippen LogP) is 1.93. The lowest BCUT2D eigenvalue weighted by molar-refractivity contribution is -0.113. The van der Waals surface area contributed by atoms with Gasteiger partial charge in [0, 0.05) is 11.6 Å². The second-order valence-electron chi connectivity index (χ2n) is 4.36. The summed E-state index contributed by atoms with van der Waals surface area (Å²) in [6, 6.07) is 1.95. The Labute approximate surface area is 128 Å². The molecule has 0 saturated carbocycles. The molecular formula is C12H12N6OS2. The number of thiazole rings is 1. The molecule has 0 radical (unpaired) electrons. The fourth-order valence-electron chi connectivity index (χ4n) is 1.83. The molecule has 0 unspecified atom stereocenters. The van der Waals surface area contributed by atoms with E-state index in [2.05, 4.69) is 25.6 Å². The molecule has 3 rings (SSSR count). The van der Waals surface area contributed by atoms with Crippen molar-refractivity contribution in [2.75, 3.05) is 11.1 Å². The minimum atomic E-state index is -0.129. The van der Waals surface area contributed by atoms with Crippen molar-refractivity contribution >= 4 is 39.8 Å². The van der Waals surface area contributed by atoms with Crippen molar-refractivity contribution in [2.45, 2.75) is 19.0 Å². The first-order valence-corrected chi connectivity index (χ1v) is 8.02. The van der Waals surface area contributed by atoms with E-state index in [1.54, 1.807) is 10.7 Å². The minimum absolute atomic E-state index is 0.129. The van der Waals surface area contributed by atoms with E-state index in [0.29, 0.717) is 15.9 Å². The van der Waals surface area contributed by atoms with Crippen LogP contribution in [0.2, 0.25) is 0 Å². The van der Waals surface area contributed by atoms with Gasteiger partial charge in [-0.05, 0) is 25.5 Å². The van der Waals surface area contributed by atoms with Crippen molar-refractivity contribution in [3.8, 4) is 0 Å². The third-order valence-corrected chi connectivity index (χ3v) is 4.27. The van der Waals surface area contributed by atoms with Gasteiger partial charge in [0.15, 0.2) is 10.8 Å². The van der Waals surface area contributed by atoms with Crippen LogP contribution in [0.1, 0.15) is 11.3 Å². The molecule has 0 aliphatic rings. The Kier molecular flexibility index (Phi) is 3.84. The van der Waals surface area contributed by atoms with Crippen molar-refractivity contribution in [3.05, 3.63) is 28.9 Å². The smallest absolute Gasteiger partial charge is 0.236 e. The zero-order valence-electron chi connectivity index (χ0n) is 11.4. The average molecular weight is 320 g/mol. The van der Waals surface area contributed by atoms with E-state index in [0.717, 1.165) is 11.3 Å². The number of aryl methyl sites for hydroxylation is 2. The predicted molar refractivity (Wildman–Crippen MR) is 81.7 cm³/mol. The topological polar surface area (TPSA) is 85.1 Å². The molecule has 7 nitrogen and oxygen atoms in total. The zero-order valence-corrected chi connectivity index (χ0v) is 13.0. The summed E-state index contributed by atoms with van der Waals surface area (Å²) in [6.07, 6.45) is 1.65. The average Bonchev–Trinajstić information content (AvgIpc) is 3.06. The van der Waals surface area contributed by atoms with Gasteiger partial charge in [0.05, 0.1) is 11.4 Å². The number of fused-ring (bicyclic) bond motifs is 1. The molecule has 0 aromatic carbocycles. The maximum atomic E-state index is 11.8. The molecule has 21 heavy (non-hydrogen) atoms. The van der Waals surface area contributed by atoms with Crippen LogP contribution in [-0.4, -0.2) is 36.5 Å². The first kappa shape index (κ1) is 14.0. The van der Waals surface area contributed by atoms with Crippen LogP contribution in [0, 0.1) is 13.8 Å². The zero-order chi connectivity index (χ0) is 14.8. The molecule has 1 N–H and O–H groups in total. The number of carbonyl (C=O) groups is 1. The Morgan fingerprint density at radius 2 is 2.29 bits per heavy atom. The van der Waals surface area contributed by atoms with Crippen molar-refractivity contribution in [3.63, 3.8) is 0 Å². The van der Waals surface area contributed by atoms with Crippen LogP contribution in [0.4, 0.5) is 5.13 Å². The van der Waals surface area contributed by atoms with Gasteiger partial charge in [-0.2, -0.15) is 9.61 Å². The number of hydrogen-bond donors (Lipinski definition) is 1. The van der Waals surface area contributed by atoms with E-state index in [1.165, 1.54) is 23.1 Å². The van der Waals surface area contributed by atoms with Gasteiger partial charge in [-0.25, -0.2) is 4.98 Å². The number of aromatic nitrogens is 5.